The Morgan fingerprint density at radius 3 is 2.58 bits per heavy atom. The van der Waals surface area contributed by atoms with Crippen molar-refractivity contribution in [3.05, 3.63) is 29.8 Å². The van der Waals surface area contributed by atoms with E-state index < -0.39 is 0 Å². The van der Waals surface area contributed by atoms with E-state index in [1.165, 1.54) is 12.8 Å². The predicted molar refractivity (Wildman–Crippen MR) is 78.2 cm³/mol. The number of amides is 1. The summed E-state index contributed by atoms with van der Waals surface area (Å²) < 4.78 is 5.39. The number of nitrogens with one attached hydrogen (secondary N) is 1. The average molecular weight is 278 g/mol. The van der Waals surface area contributed by atoms with Gasteiger partial charge in [-0.25, -0.2) is 0 Å². The number of rotatable bonds is 6. The molecule has 1 aliphatic carbocycles. The SMILES string of the molecule is CC1(CNC(=O)COc2ccc(C(N)=S)cc2)CC1. The van der Waals surface area contributed by atoms with Crippen molar-refractivity contribution in [1.82, 2.24) is 5.32 Å². The zero-order valence-corrected chi connectivity index (χ0v) is 11.8. The van der Waals surface area contributed by atoms with E-state index in [1.54, 1.807) is 24.3 Å². The van der Waals surface area contributed by atoms with Crippen LogP contribution in [0.15, 0.2) is 24.3 Å². The van der Waals surface area contributed by atoms with E-state index in [0.29, 0.717) is 16.2 Å². The summed E-state index contributed by atoms with van der Waals surface area (Å²) in [7, 11) is 0. The van der Waals surface area contributed by atoms with Gasteiger partial charge in [0.1, 0.15) is 10.7 Å². The van der Waals surface area contributed by atoms with Gasteiger partial charge < -0.3 is 15.8 Å². The molecule has 1 amide bonds. The van der Waals surface area contributed by atoms with Gasteiger partial charge in [-0.05, 0) is 42.5 Å². The molecule has 0 aliphatic heterocycles. The van der Waals surface area contributed by atoms with Gasteiger partial charge in [0.2, 0.25) is 0 Å². The monoisotopic (exact) mass is 278 g/mol. The molecule has 0 bridgehead atoms. The number of ether oxygens (including phenoxy) is 1. The first-order chi connectivity index (χ1) is 8.98. The molecule has 1 saturated carbocycles. The van der Waals surface area contributed by atoms with Gasteiger partial charge in [0.25, 0.3) is 5.91 Å². The highest BCUT2D eigenvalue weighted by Crippen LogP contribution is 2.43. The molecule has 1 fully saturated rings. The molecule has 1 aromatic carbocycles. The Morgan fingerprint density at radius 1 is 1.42 bits per heavy atom. The van der Waals surface area contributed by atoms with Crippen LogP contribution in [0.1, 0.15) is 25.3 Å². The first-order valence-corrected chi connectivity index (χ1v) is 6.69. The van der Waals surface area contributed by atoms with Crippen LogP contribution < -0.4 is 15.8 Å². The summed E-state index contributed by atoms with van der Waals surface area (Å²) in [6, 6.07) is 7.07. The highest BCUT2D eigenvalue weighted by Gasteiger charge is 2.37. The second-order valence-corrected chi connectivity index (χ2v) is 5.70. The summed E-state index contributed by atoms with van der Waals surface area (Å²) in [5.41, 5.74) is 6.60. The molecule has 0 unspecified atom stereocenters. The molecule has 102 valence electrons. The van der Waals surface area contributed by atoms with Gasteiger partial charge in [0.05, 0.1) is 0 Å². The van der Waals surface area contributed by atoms with Crippen LogP contribution in [-0.4, -0.2) is 24.0 Å². The Hall–Kier alpha value is -1.62. The highest BCUT2D eigenvalue weighted by molar-refractivity contribution is 7.80. The number of hydrogen-bond acceptors (Lipinski definition) is 3. The molecule has 0 atom stereocenters. The molecule has 1 aliphatic rings. The minimum absolute atomic E-state index is 0.0303. The minimum Gasteiger partial charge on any atom is -0.484 e. The highest BCUT2D eigenvalue weighted by atomic mass is 32.1. The van der Waals surface area contributed by atoms with Crippen LogP contribution in [0.3, 0.4) is 0 Å². The van der Waals surface area contributed by atoms with E-state index in [4.69, 9.17) is 22.7 Å². The molecular weight excluding hydrogens is 260 g/mol. The fourth-order valence-electron chi connectivity index (χ4n) is 1.62. The van der Waals surface area contributed by atoms with Crippen LogP contribution in [-0.2, 0) is 4.79 Å². The second kappa shape index (κ2) is 5.57. The molecule has 1 aromatic rings. The average Bonchev–Trinajstić information content (AvgIpc) is 3.13. The summed E-state index contributed by atoms with van der Waals surface area (Å²) in [5, 5.41) is 2.88. The molecular formula is C14H18N2O2S. The third-order valence-corrected chi connectivity index (χ3v) is 3.56. The number of hydrogen-bond donors (Lipinski definition) is 2. The van der Waals surface area contributed by atoms with Crippen molar-refractivity contribution in [3.63, 3.8) is 0 Å². The zero-order valence-electron chi connectivity index (χ0n) is 10.9. The summed E-state index contributed by atoms with van der Waals surface area (Å²) in [4.78, 5) is 11.9. The van der Waals surface area contributed by atoms with Crippen LogP contribution in [0, 0.1) is 5.41 Å². The van der Waals surface area contributed by atoms with E-state index in [-0.39, 0.29) is 12.5 Å². The third kappa shape index (κ3) is 4.21. The Morgan fingerprint density at radius 2 is 2.05 bits per heavy atom. The molecule has 4 nitrogen and oxygen atoms in total. The van der Waals surface area contributed by atoms with Crippen LogP contribution in [0.4, 0.5) is 0 Å². The molecule has 3 N–H and O–H groups in total. The molecule has 0 spiro atoms. The van der Waals surface area contributed by atoms with Crippen LogP contribution >= 0.6 is 12.2 Å². The van der Waals surface area contributed by atoms with E-state index >= 15 is 0 Å². The number of benzene rings is 1. The number of nitrogens with two attached hydrogens (primary N) is 1. The van der Waals surface area contributed by atoms with Gasteiger partial charge in [-0.1, -0.05) is 19.1 Å². The summed E-state index contributed by atoms with van der Waals surface area (Å²) in [6.07, 6.45) is 2.38. The van der Waals surface area contributed by atoms with Crippen molar-refractivity contribution in [1.29, 1.82) is 0 Å². The van der Waals surface area contributed by atoms with Crippen molar-refractivity contribution in [2.24, 2.45) is 11.1 Å². The van der Waals surface area contributed by atoms with Crippen molar-refractivity contribution in [2.45, 2.75) is 19.8 Å². The Bertz CT molecular complexity index is 481. The molecule has 19 heavy (non-hydrogen) atoms. The summed E-state index contributed by atoms with van der Waals surface area (Å²) in [6.45, 7) is 2.93. The molecule has 0 heterocycles. The van der Waals surface area contributed by atoms with Gasteiger partial charge in [-0.15, -0.1) is 0 Å². The topological polar surface area (TPSA) is 64.3 Å². The lowest BCUT2D eigenvalue weighted by molar-refractivity contribution is -0.123. The normalized spacial score (nSPS) is 15.6. The fraction of sp³-hybridized carbons (Fsp3) is 0.429. The van der Waals surface area contributed by atoms with Crippen molar-refractivity contribution in [2.75, 3.05) is 13.2 Å². The van der Waals surface area contributed by atoms with E-state index in [9.17, 15) is 4.79 Å². The Labute approximate surface area is 118 Å². The Kier molecular flexibility index (Phi) is 4.04. The van der Waals surface area contributed by atoms with Crippen LogP contribution in [0.5, 0.6) is 5.75 Å². The van der Waals surface area contributed by atoms with E-state index in [0.717, 1.165) is 12.1 Å². The standard InChI is InChI=1S/C14H18N2O2S/c1-14(6-7-14)9-16-12(17)8-18-11-4-2-10(3-5-11)13(15)19/h2-5H,6-9H2,1H3,(H2,15,19)(H,16,17). The van der Waals surface area contributed by atoms with Crippen molar-refractivity contribution >= 4 is 23.1 Å². The predicted octanol–water partition coefficient (Wildman–Crippen LogP) is 1.62. The first-order valence-electron chi connectivity index (χ1n) is 6.28. The molecule has 5 heteroatoms. The van der Waals surface area contributed by atoms with Gasteiger partial charge in [0.15, 0.2) is 6.61 Å². The molecule has 0 aromatic heterocycles. The van der Waals surface area contributed by atoms with Gasteiger partial charge in [-0.2, -0.15) is 0 Å². The molecule has 2 rings (SSSR count). The van der Waals surface area contributed by atoms with Gasteiger partial charge >= 0.3 is 0 Å². The molecule has 0 saturated heterocycles. The van der Waals surface area contributed by atoms with Gasteiger partial charge in [0, 0.05) is 12.1 Å². The third-order valence-electron chi connectivity index (χ3n) is 3.32. The Balaban J connectivity index is 1.75. The van der Waals surface area contributed by atoms with E-state index in [2.05, 4.69) is 12.2 Å². The zero-order chi connectivity index (χ0) is 13.9. The van der Waals surface area contributed by atoms with Crippen LogP contribution in [0.25, 0.3) is 0 Å². The lowest BCUT2D eigenvalue weighted by atomic mass is 10.1. The smallest absolute Gasteiger partial charge is 0.257 e. The maximum absolute atomic E-state index is 11.6. The lowest BCUT2D eigenvalue weighted by Gasteiger charge is -2.11. The second-order valence-electron chi connectivity index (χ2n) is 5.26. The largest absolute Gasteiger partial charge is 0.484 e. The number of thiocarbonyl (C=S) groups is 1. The quantitative estimate of drug-likeness (QED) is 0.776. The summed E-state index contributed by atoms with van der Waals surface area (Å²) >= 11 is 4.86. The van der Waals surface area contributed by atoms with Crippen LogP contribution in [0.2, 0.25) is 0 Å². The number of carbonyl (C=O) groups excluding carboxylic acids is 1. The van der Waals surface area contributed by atoms with E-state index in [1.807, 2.05) is 0 Å². The maximum atomic E-state index is 11.6. The minimum atomic E-state index is -0.0912. The fourth-order valence-corrected chi connectivity index (χ4v) is 1.75. The number of carbonyl (C=O) groups is 1. The first kappa shape index (κ1) is 13.8. The van der Waals surface area contributed by atoms with Crippen molar-refractivity contribution < 1.29 is 9.53 Å². The molecule has 0 radical (unpaired) electrons. The maximum Gasteiger partial charge on any atom is 0.257 e. The lowest BCUT2D eigenvalue weighted by Crippen LogP contribution is -2.33. The van der Waals surface area contributed by atoms with Gasteiger partial charge in [-0.3, -0.25) is 4.79 Å². The van der Waals surface area contributed by atoms with Crippen molar-refractivity contribution in [3.8, 4) is 5.75 Å². The summed E-state index contributed by atoms with van der Waals surface area (Å²) in [5.74, 6) is 0.541.